The quantitative estimate of drug-likeness (QED) is 0.381. The molecule has 6 nitrogen and oxygen atoms in total. The molecule has 6 heteroatoms. The van der Waals surface area contributed by atoms with Crippen molar-refractivity contribution in [2.24, 2.45) is 0 Å². The Balaban J connectivity index is 1.44. The third-order valence-corrected chi connectivity index (χ3v) is 6.71. The number of aromatic amines is 1. The van der Waals surface area contributed by atoms with Crippen LogP contribution < -0.4 is 5.32 Å². The van der Waals surface area contributed by atoms with Gasteiger partial charge in [0.05, 0.1) is 22.9 Å². The molecule has 3 heterocycles. The number of aromatic nitrogens is 3. The number of carbonyl (C=O) groups is 1. The van der Waals surface area contributed by atoms with E-state index in [-0.39, 0.29) is 11.9 Å². The molecule has 0 spiro atoms. The van der Waals surface area contributed by atoms with E-state index in [2.05, 4.69) is 51.6 Å². The molecule has 1 aliphatic rings. The molecule has 5 rings (SSSR count). The van der Waals surface area contributed by atoms with Crippen molar-refractivity contribution in [3.05, 3.63) is 71.8 Å². The lowest BCUT2D eigenvalue weighted by molar-refractivity contribution is -0.118. The number of aryl methyl sites for hydroxylation is 1. The first-order chi connectivity index (χ1) is 16.2. The zero-order valence-corrected chi connectivity index (χ0v) is 19.2. The molecule has 2 N–H and O–H groups in total. The molecule has 1 amide bonds. The van der Waals surface area contributed by atoms with Gasteiger partial charge in [-0.25, -0.2) is 0 Å². The van der Waals surface area contributed by atoms with Crippen LogP contribution in [0.2, 0.25) is 0 Å². The molecule has 4 aromatic rings. The minimum atomic E-state index is 0.0342. The van der Waals surface area contributed by atoms with E-state index in [0.29, 0.717) is 0 Å². The maximum Gasteiger partial charge on any atom is 0.216 e. The summed E-state index contributed by atoms with van der Waals surface area (Å²) < 4.78 is 0. The Morgan fingerprint density at radius 3 is 2.91 bits per heavy atom. The fourth-order valence-electron chi connectivity index (χ4n) is 5.13. The summed E-state index contributed by atoms with van der Waals surface area (Å²) in [5.41, 5.74) is 5.93. The molecule has 170 valence electrons. The standard InChI is InChI=1S/C27H31N5O/c1-19(33)28-14-4-5-17-32(25-12-6-8-20-9-7-15-30-26(20)25)18-24-27-22(13-16-29-24)21-10-2-3-11-23(21)31-27/h2-3,7,9-11,13,15-16,25,31H,4-6,8,12,14,17-18H2,1H3,(H,28,33). The van der Waals surface area contributed by atoms with Crippen molar-refractivity contribution in [1.82, 2.24) is 25.2 Å². The van der Waals surface area contributed by atoms with Crippen LogP contribution in [0.4, 0.5) is 0 Å². The molecule has 0 saturated carbocycles. The van der Waals surface area contributed by atoms with E-state index in [1.54, 1.807) is 6.92 Å². The Morgan fingerprint density at radius 2 is 2.00 bits per heavy atom. The van der Waals surface area contributed by atoms with E-state index in [1.165, 1.54) is 28.5 Å². The van der Waals surface area contributed by atoms with Crippen LogP contribution in [0.5, 0.6) is 0 Å². The molecule has 0 saturated heterocycles. The maximum atomic E-state index is 11.2. The normalized spacial score (nSPS) is 15.8. The third-order valence-electron chi connectivity index (χ3n) is 6.71. The lowest BCUT2D eigenvalue weighted by atomic mass is 9.90. The molecule has 1 unspecified atom stereocenters. The highest BCUT2D eigenvalue weighted by Gasteiger charge is 2.28. The van der Waals surface area contributed by atoms with Gasteiger partial charge in [-0.1, -0.05) is 24.3 Å². The summed E-state index contributed by atoms with van der Waals surface area (Å²) in [6.07, 6.45) is 9.21. The zero-order chi connectivity index (χ0) is 22.6. The Bertz CT molecular complexity index is 1260. The number of nitrogens with one attached hydrogen (secondary N) is 2. The Labute approximate surface area is 194 Å². The number of carbonyl (C=O) groups excluding carboxylic acids is 1. The molecule has 1 aromatic carbocycles. The lowest BCUT2D eigenvalue weighted by Crippen LogP contribution is -2.33. The van der Waals surface area contributed by atoms with Crippen LogP contribution in [-0.2, 0) is 17.8 Å². The Kier molecular flexibility index (Phi) is 6.35. The Morgan fingerprint density at radius 1 is 1.09 bits per heavy atom. The van der Waals surface area contributed by atoms with Crippen molar-refractivity contribution >= 4 is 27.7 Å². The van der Waals surface area contributed by atoms with Gasteiger partial charge in [-0.3, -0.25) is 19.7 Å². The van der Waals surface area contributed by atoms with E-state index in [0.717, 1.165) is 62.0 Å². The van der Waals surface area contributed by atoms with Crippen LogP contribution in [0, 0.1) is 0 Å². The second-order valence-corrected chi connectivity index (χ2v) is 8.97. The Hall–Kier alpha value is -3.25. The van der Waals surface area contributed by atoms with Crippen LogP contribution in [0.15, 0.2) is 54.9 Å². The predicted molar refractivity (Wildman–Crippen MR) is 132 cm³/mol. The van der Waals surface area contributed by atoms with Crippen LogP contribution in [0.1, 0.15) is 55.6 Å². The summed E-state index contributed by atoms with van der Waals surface area (Å²) in [6, 6.07) is 15.1. The van der Waals surface area contributed by atoms with E-state index < -0.39 is 0 Å². The van der Waals surface area contributed by atoms with Gasteiger partial charge >= 0.3 is 0 Å². The number of hydrogen-bond donors (Lipinski definition) is 2. The van der Waals surface area contributed by atoms with Crippen LogP contribution in [0.3, 0.4) is 0 Å². The van der Waals surface area contributed by atoms with Gasteiger partial charge in [0, 0.05) is 48.7 Å². The highest BCUT2D eigenvalue weighted by atomic mass is 16.1. The van der Waals surface area contributed by atoms with Crippen molar-refractivity contribution in [2.45, 2.75) is 51.6 Å². The first kappa shape index (κ1) is 21.6. The van der Waals surface area contributed by atoms with E-state index in [9.17, 15) is 4.79 Å². The van der Waals surface area contributed by atoms with Crippen molar-refractivity contribution in [3.8, 4) is 0 Å². The van der Waals surface area contributed by atoms with Gasteiger partial charge in [0.25, 0.3) is 0 Å². The number of pyridine rings is 2. The number of hydrogen-bond acceptors (Lipinski definition) is 4. The van der Waals surface area contributed by atoms with Gasteiger partial charge in [0.2, 0.25) is 5.91 Å². The van der Waals surface area contributed by atoms with Crippen LogP contribution in [-0.4, -0.2) is 38.8 Å². The second-order valence-electron chi connectivity index (χ2n) is 8.97. The highest BCUT2D eigenvalue weighted by Crippen LogP contribution is 2.35. The molecule has 0 aliphatic heterocycles. The molecule has 0 fully saturated rings. The minimum Gasteiger partial charge on any atom is -0.356 e. The summed E-state index contributed by atoms with van der Waals surface area (Å²) in [6.45, 7) is 4.01. The van der Waals surface area contributed by atoms with E-state index in [1.807, 2.05) is 18.5 Å². The topological polar surface area (TPSA) is 73.9 Å². The van der Waals surface area contributed by atoms with E-state index >= 15 is 0 Å². The number of fused-ring (bicyclic) bond motifs is 4. The average Bonchev–Trinajstić information content (AvgIpc) is 3.22. The first-order valence-corrected chi connectivity index (χ1v) is 12.0. The molecule has 0 bridgehead atoms. The number of nitrogens with zero attached hydrogens (tertiary/aromatic N) is 3. The van der Waals surface area contributed by atoms with Crippen molar-refractivity contribution in [3.63, 3.8) is 0 Å². The van der Waals surface area contributed by atoms with Gasteiger partial charge in [-0.15, -0.1) is 0 Å². The maximum absolute atomic E-state index is 11.2. The summed E-state index contributed by atoms with van der Waals surface area (Å²) in [4.78, 5) is 27.0. The number of amides is 1. The smallest absolute Gasteiger partial charge is 0.216 e. The largest absolute Gasteiger partial charge is 0.356 e. The molecule has 3 aromatic heterocycles. The molecule has 0 radical (unpaired) electrons. The summed E-state index contributed by atoms with van der Waals surface area (Å²) in [7, 11) is 0. The van der Waals surface area contributed by atoms with Crippen LogP contribution >= 0.6 is 0 Å². The molecular weight excluding hydrogens is 410 g/mol. The fraction of sp³-hybridized carbons (Fsp3) is 0.370. The van der Waals surface area contributed by atoms with Crippen molar-refractivity contribution < 1.29 is 4.79 Å². The third kappa shape index (κ3) is 4.62. The molecule has 33 heavy (non-hydrogen) atoms. The van der Waals surface area contributed by atoms with Gasteiger partial charge in [0.15, 0.2) is 0 Å². The van der Waals surface area contributed by atoms with Gasteiger partial charge in [-0.05, 0) is 62.4 Å². The number of unbranched alkanes of at least 4 members (excludes halogenated alkanes) is 1. The molecule has 1 atom stereocenters. The van der Waals surface area contributed by atoms with Gasteiger partial charge in [-0.2, -0.15) is 0 Å². The average molecular weight is 442 g/mol. The zero-order valence-electron chi connectivity index (χ0n) is 19.2. The van der Waals surface area contributed by atoms with Crippen molar-refractivity contribution in [2.75, 3.05) is 13.1 Å². The SMILES string of the molecule is CC(=O)NCCCCN(Cc1nccc2c1[nH]c1ccccc12)C1CCCc2cccnc21. The highest BCUT2D eigenvalue weighted by molar-refractivity contribution is 6.07. The van der Waals surface area contributed by atoms with E-state index in [4.69, 9.17) is 9.97 Å². The number of para-hydroxylation sites is 1. The minimum absolute atomic E-state index is 0.0342. The number of benzene rings is 1. The first-order valence-electron chi connectivity index (χ1n) is 12.0. The molecular formula is C27H31N5O. The van der Waals surface area contributed by atoms with Gasteiger partial charge in [0.1, 0.15) is 0 Å². The lowest BCUT2D eigenvalue weighted by Gasteiger charge is -2.35. The van der Waals surface area contributed by atoms with Gasteiger partial charge < -0.3 is 10.3 Å². The summed E-state index contributed by atoms with van der Waals surface area (Å²) in [5.74, 6) is 0.0342. The number of H-pyrrole nitrogens is 1. The fourth-order valence-corrected chi connectivity index (χ4v) is 5.13. The summed E-state index contributed by atoms with van der Waals surface area (Å²) in [5, 5.41) is 5.38. The van der Waals surface area contributed by atoms with Crippen molar-refractivity contribution in [1.29, 1.82) is 0 Å². The van der Waals surface area contributed by atoms with Crippen LogP contribution in [0.25, 0.3) is 21.8 Å². The number of rotatable bonds is 8. The summed E-state index contributed by atoms with van der Waals surface area (Å²) >= 11 is 0. The predicted octanol–water partition coefficient (Wildman–Crippen LogP) is 4.91. The monoisotopic (exact) mass is 441 g/mol. The second kappa shape index (κ2) is 9.71. The molecule has 1 aliphatic carbocycles.